The third-order valence-corrected chi connectivity index (χ3v) is 7.64. The van der Waals surface area contributed by atoms with E-state index in [4.69, 9.17) is 10.1 Å². The minimum absolute atomic E-state index is 0.0175. The number of nitro benzene ring substituents is 1. The Labute approximate surface area is 219 Å². The highest BCUT2D eigenvalue weighted by atomic mass is 32.1. The Kier molecular flexibility index (Phi) is 6.55. The van der Waals surface area contributed by atoms with Gasteiger partial charge in [-0.25, -0.2) is 14.4 Å². The first-order chi connectivity index (χ1) is 17.8. The lowest BCUT2D eigenvalue weighted by atomic mass is 10.1. The molecule has 0 saturated carbocycles. The Bertz CT molecular complexity index is 1740. The summed E-state index contributed by atoms with van der Waals surface area (Å²) >= 11 is 2.97. The topological polar surface area (TPSA) is 99.7 Å². The second-order valence-electron chi connectivity index (χ2n) is 8.20. The highest BCUT2D eigenvalue weighted by molar-refractivity contribution is 7.14. The number of nitrogens with zero attached hydrogens (tertiary/aromatic N) is 6. The van der Waals surface area contributed by atoms with E-state index in [1.54, 1.807) is 37.5 Å². The smallest absolute Gasteiger partial charge is 0.283 e. The lowest BCUT2D eigenvalue weighted by Crippen LogP contribution is -2.20. The monoisotopic (exact) mass is 530 g/mol. The molecule has 0 bridgehead atoms. The van der Waals surface area contributed by atoms with E-state index in [-0.39, 0.29) is 11.2 Å². The van der Waals surface area contributed by atoms with Crippen molar-refractivity contribution < 1.29 is 4.92 Å². The van der Waals surface area contributed by atoms with Crippen LogP contribution in [0.5, 0.6) is 0 Å². The minimum atomic E-state index is -0.430. The van der Waals surface area contributed by atoms with E-state index in [0.29, 0.717) is 16.2 Å². The van der Waals surface area contributed by atoms with Crippen molar-refractivity contribution in [1.29, 1.82) is 0 Å². The second kappa shape index (κ2) is 9.96. The lowest BCUT2D eigenvalue weighted by Gasteiger charge is -2.07. The summed E-state index contributed by atoms with van der Waals surface area (Å²) in [7, 11) is 1.83. The maximum absolute atomic E-state index is 13.4. The normalized spacial score (nSPS) is 12.3. The molecular weight excluding hydrogens is 508 g/mol. The fraction of sp³-hybridized carbons (Fsp3) is 0.115. The molecule has 0 N–H and O–H groups in total. The Morgan fingerprint density at radius 3 is 2.38 bits per heavy atom. The van der Waals surface area contributed by atoms with Gasteiger partial charge in [-0.05, 0) is 55.1 Å². The summed E-state index contributed by atoms with van der Waals surface area (Å²) in [5.74, 6) is 0. The third-order valence-electron chi connectivity index (χ3n) is 5.94. The van der Waals surface area contributed by atoms with Crippen LogP contribution in [0.3, 0.4) is 0 Å². The Morgan fingerprint density at radius 1 is 1.00 bits per heavy atom. The summed E-state index contributed by atoms with van der Waals surface area (Å²) in [6, 6.07) is 19.7. The molecule has 0 amide bonds. The Morgan fingerprint density at radius 2 is 1.73 bits per heavy atom. The number of non-ortho nitro benzene ring substituents is 1. The standard InChI is InChI=1S/C26H22N6O3S2/c1-17(19-11-13-21(14-12-19)32(34)35)28-30-22(23-10-7-15-36-23)16-37-26(30)27-24-18(2)29(3)31(25(24)33)20-8-5-4-6-9-20/h4-16H,1-3H3. The van der Waals surface area contributed by atoms with Crippen molar-refractivity contribution >= 4 is 39.8 Å². The van der Waals surface area contributed by atoms with E-state index < -0.39 is 4.92 Å². The molecule has 3 heterocycles. The summed E-state index contributed by atoms with van der Waals surface area (Å²) in [5, 5.41) is 19.8. The van der Waals surface area contributed by atoms with Crippen LogP contribution in [0, 0.1) is 17.0 Å². The number of thiophene rings is 1. The average Bonchev–Trinajstić information content (AvgIpc) is 3.61. The van der Waals surface area contributed by atoms with Gasteiger partial charge in [0, 0.05) is 24.6 Å². The van der Waals surface area contributed by atoms with E-state index in [9.17, 15) is 14.9 Å². The van der Waals surface area contributed by atoms with Gasteiger partial charge in [0.1, 0.15) is 0 Å². The van der Waals surface area contributed by atoms with Crippen molar-refractivity contribution in [3.05, 3.63) is 114 Å². The Hall–Kier alpha value is -4.35. The predicted octanol–water partition coefficient (Wildman–Crippen LogP) is 5.49. The molecular formula is C26H22N6O3S2. The van der Waals surface area contributed by atoms with Crippen LogP contribution < -0.4 is 10.4 Å². The maximum atomic E-state index is 13.4. The molecule has 0 aliphatic rings. The van der Waals surface area contributed by atoms with Crippen LogP contribution in [0.15, 0.2) is 92.4 Å². The van der Waals surface area contributed by atoms with E-state index in [0.717, 1.165) is 27.5 Å². The van der Waals surface area contributed by atoms with Crippen LogP contribution >= 0.6 is 22.7 Å². The molecule has 5 rings (SSSR count). The number of hydrogen-bond acceptors (Lipinski definition) is 7. The highest BCUT2D eigenvalue weighted by Crippen LogP contribution is 2.26. The van der Waals surface area contributed by atoms with Crippen molar-refractivity contribution in [3.63, 3.8) is 0 Å². The lowest BCUT2D eigenvalue weighted by molar-refractivity contribution is -0.384. The number of para-hydroxylation sites is 1. The van der Waals surface area contributed by atoms with E-state index in [2.05, 4.69) is 0 Å². The number of thiazole rings is 1. The molecule has 0 aliphatic heterocycles. The van der Waals surface area contributed by atoms with E-state index in [1.807, 2.05) is 74.1 Å². The van der Waals surface area contributed by atoms with Gasteiger partial charge in [0.2, 0.25) is 4.80 Å². The highest BCUT2D eigenvalue weighted by Gasteiger charge is 2.17. The van der Waals surface area contributed by atoms with Gasteiger partial charge in [-0.3, -0.25) is 19.6 Å². The molecule has 9 nitrogen and oxygen atoms in total. The molecule has 0 aliphatic carbocycles. The minimum Gasteiger partial charge on any atom is -0.283 e. The number of rotatable bonds is 6. The molecule has 0 radical (unpaired) electrons. The number of hydrogen-bond donors (Lipinski definition) is 0. The largest absolute Gasteiger partial charge is 0.297 e. The van der Waals surface area contributed by atoms with Crippen molar-refractivity contribution in [2.45, 2.75) is 13.8 Å². The zero-order chi connectivity index (χ0) is 26.1. The molecule has 5 aromatic rings. The molecule has 11 heteroatoms. The first kappa shape index (κ1) is 24.3. The molecule has 186 valence electrons. The van der Waals surface area contributed by atoms with Crippen molar-refractivity contribution in [2.24, 2.45) is 17.1 Å². The van der Waals surface area contributed by atoms with E-state index in [1.165, 1.54) is 23.5 Å². The maximum Gasteiger partial charge on any atom is 0.297 e. The fourth-order valence-corrected chi connectivity index (χ4v) is 5.51. The van der Waals surface area contributed by atoms with Crippen LogP contribution in [0.2, 0.25) is 0 Å². The molecule has 2 aromatic carbocycles. The van der Waals surface area contributed by atoms with Crippen molar-refractivity contribution in [1.82, 2.24) is 14.0 Å². The first-order valence-electron chi connectivity index (χ1n) is 11.3. The molecule has 3 aromatic heterocycles. The summed E-state index contributed by atoms with van der Waals surface area (Å²) in [4.78, 5) is 30.4. The SMILES string of the molecule is CC(=Nn1c(-c2cccs2)csc1=Nc1c(C)n(C)n(-c2ccccc2)c1=O)c1ccc([N+](=O)[O-])cc1. The van der Waals surface area contributed by atoms with Gasteiger partial charge in [0.25, 0.3) is 11.2 Å². The molecule has 0 fully saturated rings. The molecule has 0 unspecified atom stereocenters. The quantitative estimate of drug-likeness (QED) is 0.165. The van der Waals surface area contributed by atoms with Gasteiger partial charge in [0.05, 0.1) is 32.6 Å². The summed E-state index contributed by atoms with van der Waals surface area (Å²) in [5.41, 5.74) is 3.85. The predicted molar refractivity (Wildman–Crippen MR) is 147 cm³/mol. The van der Waals surface area contributed by atoms with Crippen LogP contribution in [0.25, 0.3) is 16.3 Å². The Balaban J connectivity index is 1.68. The van der Waals surface area contributed by atoms with Crippen molar-refractivity contribution in [3.8, 4) is 16.3 Å². The molecule has 37 heavy (non-hydrogen) atoms. The summed E-state index contributed by atoms with van der Waals surface area (Å²) < 4.78 is 5.11. The van der Waals surface area contributed by atoms with Gasteiger partial charge in [-0.15, -0.1) is 22.7 Å². The van der Waals surface area contributed by atoms with Gasteiger partial charge in [-0.2, -0.15) is 5.10 Å². The first-order valence-corrected chi connectivity index (χ1v) is 13.0. The number of benzene rings is 2. The fourth-order valence-electron chi connectivity index (χ4n) is 3.88. The molecule has 0 saturated heterocycles. The average molecular weight is 531 g/mol. The van der Waals surface area contributed by atoms with Gasteiger partial charge >= 0.3 is 0 Å². The molecule has 0 spiro atoms. The van der Waals surface area contributed by atoms with Gasteiger partial charge in [-0.1, -0.05) is 24.3 Å². The zero-order valence-electron chi connectivity index (χ0n) is 20.2. The van der Waals surface area contributed by atoms with E-state index >= 15 is 0 Å². The zero-order valence-corrected chi connectivity index (χ0v) is 21.9. The summed E-state index contributed by atoms with van der Waals surface area (Å²) in [6.45, 7) is 3.70. The van der Waals surface area contributed by atoms with Crippen LogP contribution in [0.1, 0.15) is 18.2 Å². The van der Waals surface area contributed by atoms with Gasteiger partial charge < -0.3 is 0 Å². The second-order valence-corrected chi connectivity index (χ2v) is 9.99. The van der Waals surface area contributed by atoms with Gasteiger partial charge in [0.15, 0.2) is 5.69 Å². The van der Waals surface area contributed by atoms with Crippen LogP contribution in [-0.2, 0) is 7.05 Å². The van der Waals surface area contributed by atoms with Crippen molar-refractivity contribution in [2.75, 3.05) is 0 Å². The van der Waals surface area contributed by atoms with Crippen LogP contribution in [-0.4, -0.2) is 24.7 Å². The summed E-state index contributed by atoms with van der Waals surface area (Å²) in [6.07, 6.45) is 0. The number of nitro groups is 1. The third kappa shape index (κ3) is 4.61. The van der Waals surface area contributed by atoms with Crippen LogP contribution in [0.4, 0.5) is 11.4 Å². The number of aromatic nitrogens is 3. The molecule has 0 atom stereocenters.